The molecule has 0 unspecified atom stereocenters. The van der Waals surface area contributed by atoms with Crippen LogP contribution >= 0.6 is 0 Å². The summed E-state index contributed by atoms with van der Waals surface area (Å²) < 4.78 is 5.57. The summed E-state index contributed by atoms with van der Waals surface area (Å²) in [7, 11) is 2.12. The number of aryl methyl sites for hydroxylation is 1. The Labute approximate surface area is 124 Å². The number of nitriles is 1. The van der Waals surface area contributed by atoms with Crippen molar-refractivity contribution in [1.29, 1.82) is 5.26 Å². The summed E-state index contributed by atoms with van der Waals surface area (Å²) in [6.45, 7) is 7.24. The Morgan fingerprint density at radius 2 is 2.24 bits per heavy atom. The number of rotatable bonds is 0. The first-order valence-corrected chi connectivity index (χ1v) is 7.25. The third kappa shape index (κ3) is 1.70. The molecule has 1 spiro atoms. The molecule has 2 aliphatic heterocycles. The molecule has 3 atom stereocenters. The molecule has 3 heterocycles. The topological polar surface area (TPSA) is 91.0 Å². The van der Waals surface area contributed by atoms with E-state index in [4.69, 9.17) is 10.5 Å². The molecule has 3 N–H and O–H groups in total. The maximum Gasteiger partial charge on any atom is 0.244 e. The predicted molar refractivity (Wildman–Crippen MR) is 78.3 cm³/mol. The fraction of sp³-hybridized carbons (Fsp3) is 0.600. The third-order valence-corrected chi connectivity index (χ3v) is 5.14. The van der Waals surface area contributed by atoms with Gasteiger partial charge in [0.1, 0.15) is 11.6 Å². The first-order chi connectivity index (χ1) is 9.91. The quantitative estimate of drug-likeness (QED) is 0.752. The zero-order valence-corrected chi connectivity index (χ0v) is 12.9. The molecule has 0 bridgehead atoms. The highest BCUT2D eigenvalue weighted by Gasteiger charge is 2.53. The molecule has 112 valence electrons. The summed E-state index contributed by atoms with van der Waals surface area (Å²) >= 11 is 0. The Morgan fingerprint density at radius 3 is 2.90 bits per heavy atom. The van der Waals surface area contributed by atoms with Crippen molar-refractivity contribution in [1.82, 2.24) is 15.1 Å². The van der Waals surface area contributed by atoms with Crippen LogP contribution < -0.4 is 10.5 Å². The van der Waals surface area contributed by atoms with E-state index in [1.54, 1.807) is 0 Å². The Bertz CT molecular complexity index is 656. The number of fused-ring (bicyclic) bond motifs is 2. The van der Waals surface area contributed by atoms with Crippen molar-refractivity contribution in [3.63, 3.8) is 0 Å². The molecule has 21 heavy (non-hydrogen) atoms. The lowest BCUT2D eigenvalue weighted by molar-refractivity contribution is 0.0888. The number of allylic oxidation sites excluding steroid dienone is 1. The smallest absolute Gasteiger partial charge is 0.244 e. The van der Waals surface area contributed by atoms with Crippen LogP contribution in [-0.2, 0) is 5.41 Å². The van der Waals surface area contributed by atoms with Crippen molar-refractivity contribution < 1.29 is 4.74 Å². The molecule has 1 saturated heterocycles. The van der Waals surface area contributed by atoms with E-state index in [0.717, 1.165) is 24.2 Å². The van der Waals surface area contributed by atoms with Crippen LogP contribution in [0.2, 0.25) is 0 Å². The van der Waals surface area contributed by atoms with E-state index in [9.17, 15) is 5.26 Å². The minimum atomic E-state index is -0.407. The Morgan fingerprint density at radius 1 is 1.52 bits per heavy atom. The van der Waals surface area contributed by atoms with E-state index in [0.29, 0.717) is 17.5 Å². The van der Waals surface area contributed by atoms with E-state index in [1.165, 1.54) is 0 Å². The molecule has 1 aromatic rings. The number of nitrogens with two attached hydrogens (primary N) is 1. The Kier molecular flexibility index (Phi) is 2.99. The third-order valence-electron chi connectivity index (χ3n) is 5.14. The number of H-pyrrole nitrogens is 1. The lowest BCUT2D eigenvalue weighted by Crippen LogP contribution is -2.54. The van der Waals surface area contributed by atoms with Crippen LogP contribution in [-0.4, -0.2) is 34.7 Å². The van der Waals surface area contributed by atoms with Crippen LogP contribution in [0.15, 0.2) is 11.5 Å². The van der Waals surface area contributed by atoms with Gasteiger partial charge in [-0.3, -0.25) is 5.10 Å². The van der Waals surface area contributed by atoms with Crippen molar-refractivity contribution in [3.05, 3.63) is 22.7 Å². The highest BCUT2D eigenvalue weighted by atomic mass is 16.5. The van der Waals surface area contributed by atoms with Gasteiger partial charge >= 0.3 is 0 Å². The van der Waals surface area contributed by atoms with E-state index in [-0.39, 0.29) is 11.8 Å². The summed E-state index contributed by atoms with van der Waals surface area (Å²) in [5.41, 5.74) is 8.12. The van der Waals surface area contributed by atoms with Crippen molar-refractivity contribution >= 4 is 0 Å². The van der Waals surface area contributed by atoms with Crippen LogP contribution in [0, 0.1) is 24.2 Å². The van der Waals surface area contributed by atoms with Crippen molar-refractivity contribution in [2.24, 2.45) is 11.7 Å². The molecule has 0 aliphatic carbocycles. The van der Waals surface area contributed by atoms with Gasteiger partial charge in [0, 0.05) is 29.3 Å². The van der Waals surface area contributed by atoms with E-state index in [2.05, 4.69) is 42.1 Å². The minimum Gasteiger partial charge on any atom is -0.420 e. The van der Waals surface area contributed by atoms with Crippen LogP contribution in [0.5, 0.6) is 5.88 Å². The highest BCUT2D eigenvalue weighted by Crippen LogP contribution is 2.53. The zero-order chi connectivity index (χ0) is 15.4. The van der Waals surface area contributed by atoms with Crippen molar-refractivity contribution in [3.8, 4) is 11.9 Å². The molecule has 6 heteroatoms. The van der Waals surface area contributed by atoms with Gasteiger partial charge in [0.05, 0.1) is 0 Å². The van der Waals surface area contributed by atoms with E-state index in [1.807, 2.05) is 6.92 Å². The second-order valence-corrected chi connectivity index (χ2v) is 6.35. The van der Waals surface area contributed by atoms with Gasteiger partial charge in [-0.25, -0.2) is 0 Å². The number of aromatic amines is 1. The van der Waals surface area contributed by atoms with E-state index >= 15 is 0 Å². The normalized spacial score (nSPS) is 32.7. The van der Waals surface area contributed by atoms with Gasteiger partial charge in [-0.1, -0.05) is 6.92 Å². The monoisotopic (exact) mass is 287 g/mol. The highest BCUT2D eigenvalue weighted by molar-refractivity contribution is 5.55. The van der Waals surface area contributed by atoms with E-state index < -0.39 is 5.41 Å². The number of piperidine rings is 1. The summed E-state index contributed by atoms with van der Waals surface area (Å²) in [6, 6.07) is 2.67. The largest absolute Gasteiger partial charge is 0.420 e. The number of ether oxygens (including phenoxy) is 1. The molecule has 2 aliphatic rings. The molecular weight excluding hydrogens is 266 g/mol. The Balaban J connectivity index is 2.26. The number of hydrogen-bond acceptors (Lipinski definition) is 5. The van der Waals surface area contributed by atoms with Crippen LogP contribution in [0.25, 0.3) is 0 Å². The SMILES string of the molecule is Cc1[nH]nc2c1[C@@]1(C[C@@H](C)N(C)C[C@@H]1C)C(C#N)=C(N)O2. The lowest BCUT2D eigenvalue weighted by atomic mass is 9.60. The number of aromatic nitrogens is 2. The number of hydrogen-bond donors (Lipinski definition) is 2. The standard InChI is InChI=1S/C15H21N5O/c1-8-7-20(4)9(2)5-15(8)11(6-16)13(17)21-14-12(15)10(3)18-19-14/h8-9H,5,7,17H2,1-4H3,(H,18,19)/t8-,9+,15+/m0/s1. The summed E-state index contributed by atoms with van der Waals surface area (Å²) in [5.74, 6) is 0.971. The van der Waals surface area contributed by atoms with Gasteiger partial charge < -0.3 is 15.4 Å². The van der Waals surface area contributed by atoms with Gasteiger partial charge in [0.15, 0.2) is 0 Å². The summed E-state index contributed by atoms with van der Waals surface area (Å²) in [6.07, 6.45) is 0.838. The molecule has 3 rings (SSSR count). The van der Waals surface area contributed by atoms with Gasteiger partial charge in [-0.05, 0) is 33.2 Å². The molecule has 6 nitrogen and oxygen atoms in total. The molecule has 1 fully saturated rings. The maximum atomic E-state index is 9.69. The average Bonchev–Trinajstić information content (AvgIpc) is 2.78. The van der Waals surface area contributed by atoms with Gasteiger partial charge in [-0.2, -0.15) is 5.26 Å². The van der Waals surface area contributed by atoms with Crippen molar-refractivity contribution in [2.45, 2.75) is 38.6 Å². The second-order valence-electron chi connectivity index (χ2n) is 6.35. The fourth-order valence-corrected chi connectivity index (χ4v) is 3.95. The molecule has 0 radical (unpaired) electrons. The predicted octanol–water partition coefficient (Wildman–Crippen LogP) is 1.40. The number of likely N-dealkylation sites (tertiary alicyclic amines) is 1. The number of nitrogens with one attached hydrogen (secondary N) is 1. The van der Waals surface area contributed by atoms with Gasteiger partial charge in [-0.15, -0.1) is 5.10 Å². The Hall–Kier alpha value is -2.00. The molecule has 1 aromatic heterocycles. The summed E-state index contributed by atoms with van der Waals surface area (Å²) in [5, 5.41) is 16.9. The van der Waals surface area contributed by atoms with Gasteiger partial charge in [0.25, 0.3) is 0 Å². The second kappa shape index (κ2) is 4.50. The first kappa shape index (κ1) is 14.0. The maximum absolute atomic E-state index is 9.69. The molecule has 0 aromatic carbocycles. The van der Waals surface area contributed by atoms with Crippen LogP contribution in [0.4, 0.5) is 0 Å². The molecule has 0 saturated carbocycles. The first-order valence-electron chi connectivity index (χ1n) is 7.25. The van der Waals surface area contributed by atoms with Crippen LogP contribution in [0.3, 0.4) is 0 Å². The fourth-order valence-electron chi connectivity index (χ4n) is 3.95. The minimum absolute atomic E-state index is 0.195. The summed E-state index contributed by atoms with van der Waals surface area (Å²) in [4.78, 5) is 2.33. The lowest BCUT2D eigenvalue weighted by Gasteiger charge is -2.50. The number of nitrogens with zero attached hydrogens (tertiary/aromatic N) is 3. The molecule has 0 amide bonds. The zero-order valence-electron chi connectivity index (χ0n) is 12.9. The van der Waals surface area contributed by atoms with Crippen molar-refractivity contribution in [2.75, 3.05) is 13.6 Å². The average molecular weight is 287 g/mol. The van der Waals surface area contributed by atoms with Gasteiger partial charge in [0.2, 0.25) is 11.8 Å². The van der Waals surface area contributed by atoms with Crippen LogP contribution in [0.1, 0.15) is 31.5 Å². The molecular formula is C15H21N5O.